The average molecular weight is 856 g/mol. The number of H-pyrrole nitrogens is 1. The summed E-state index contributed by atoms with van der Waals surface area (Å²) in [6.07, 6.45) is 4.50. The minimum absolute atomic E-state index is 0.0496. The molecule has 0 unspecified atom stereocenters. The summed E-state index contributed by atoms with van der Waals surface area (Å²) in [7, 11) is 0. The van der Waals surface area contributed by atoms with Gasteiger partial charge in [0.1, 0.15) is 19.3 Å². The fourth-order valence-electron chi connectivity index (χ4n) is 5.40. The molecule has 0 bridgehead atoms. The van der Waals surface area contributed by atoms with Crippen LogP contribution >= 0.6 is 0 Å². The van der Waals surface area contributed by atoms with Crippen molar-refractivity contribution >= 4 is 47.0 Å². The van der Waals surface area contributed by atoms with Crippen LogP contribution in [-0.2, 0) is 63.7 Å². The Kier molecular flexibility index (Phi) is 27.8. The van der Waals surface area contributed by atoms with Gasteiger partial charge in [-0.05, 0) is 19.3 Å². The van der Waals surface area contributed by atoms with Gasteiger partial charge in [-0.1, -0.05) is 33.6 Å². The highest BCUT2D eigenvalue weighted by molar-refractivity contribution is 5.95. The molecule has 3 amide bonds. The Morgan fingerprint density at radius 3 is 2.02 bits per heavy atom. The average Bonchev–Trinajstić information content (AvgIpc) is 3.71. The molecule has 21 nitrogen and oxygen atoms in total. The Balaban J connectivity index is 2.28. The molecule has 21 heteroatoms. The Labute approximate surface area is 350 Å². The molecule has 1 heterocycles. The molecule has 0 spiro atoms. The van der Waals surface area contributed by atoms with Crippen molar-refractivity contribution in [3.8, 4) is 0 Å². The summed E-state index contributed by atoms with van der Waals surface area (Å²) in [5.74, 6) is -4.56. The van der Waals surface area contributed by atoms with Crippen LogP contribution in [0.3, 0.4) is 0 Å². The Morgan fingerprint density at radius 2 is 1.42 bits per heavy atom. The molecule has 60 heavy (non-hydrogen) atoms. The van der Waals surface area contributed by atoms with Crippen molar-refractivity contribution in [1.82, 2.24) is 31.2 Å². The number of nitrogens with one attached hydrogen (secondary N) is 5. The van der Waals surface area contributed by atoms with Gasteiger partial charge in [-0.3, -0.25) is 43.7 Å². The maximum absolute atomic E-state index is 13.2. The maximum Gasteiger partial charge on any atom is 0.320 e. The van der Waals surface area contributed by atoms with Crippen LogP contribution in [0.5, 0.6) is 0 Å². The van der Waals surface area contributed by atoms with Crippen LogP contribution in [0.15, 0.2) is 12.5 Å². The third kappa shape index (κ3) is 25.7. The number of Topliss-reactive ketones (excluding diaryl/α,β-unsaturated/α-hetero) is 3. The third-order valence-electron chi connectivity index (χ3n) is 8.95. The number of unbranched alkanes of at least 4 members (excludes halogenated alkanes) is 2. The molecular weight excluding hydrogens is 790 g/mol. The van der Waals surface area contributed by atoms with E-state index in [2.05, 4.69) is 31.2 Å². The van der Waals surface area contributed by atoms with Crippen molar-refractivity contribution in [2.24, 2.45) is 11.1 Å². The van der Waals surface area contributed by atoms with Crippen LogP contribution in [0.2, 0.25) is 0 Å². The number of hydrogen-bond donors (Lipinski definition) is 8. The number of carbonyl (C=O) groups is 8. The van der Waals surface area contributed by atoms with Crippen molar-refractivity contribution in [3.05, 3.63) is 18.2 Å². The van der Waals surface area contributed by atoms with E-state index in [1.54, 1.807) is 6.92 Å². The first-order valence-corrected chi connectivity index (χ1v) is 20.2. The highest BCUT2D eigenvalue weighted by Crippen LogP contribution is 2.23. The molecule has 1 rings (SSSR count). The van der Waals surface area contributed by atoms with Crippen LogP contribution in [0.4, 0.5) is 0 Å². The summed E-state index contributed by atoms with van der Waals surface area (Å²) >= 11 is 0. The van der Waals surface area contributed by atoms with E-state index >= 15 is 0 Å². The Hall–Kier alpha value is -4.67. The number of hydrogen-bond acceptors (Lipinski definition) is 15. The first kappa shape index (κ1) is 53.3. The molecule has 9 N–H and O–H groups in total. The molecule has 1 aromatic heterocycles. The second-order valence-electron chi connectivity index (χ2n) is 14.6. The number of carboxylic acid groups (broad SMARTS) is 2. The van der Waals surface area contributed by atoms with Gasteiger partial charge in [0.25, 0.3) is 0 Å². The largest absolute Gasteiger partial charge is 0.481 e. The predicted octanol–water partition coefficient (Wildman–Crippen LogP) is -0.545. The normalized spacial score (nSPS) is 12.9. The van der Waals surface area contributed by atoms with Crippen molar-refractivity contribution in [3.63, 3.8) is 0 Å². The van der Waals surface area contributed by atoms with E-state index < -0.39 is 65.9 Å². The van der Waals surface area contributed by atoms with E-state index in [1.165, 1.54) is 26.4 Å². The molecule has 0 aromatic carbocycles. The summed E-state index contributed by atoms with van der Waals surface area (Å²) < 4.78 is 21.2. The summed E-state index contributed by atoms with van der Waals surface area (Å²) in [4.78, 5) is 104. The summed E-state index contributed by atoms with van der Waals surface area (Å²) in [5.41, 5.74) is 5.38. The van der Waals surface area contributed by atoms with Crippen LogP contribution in [0, 0.1) is 5.41 Å². The second kappa shape index (κ2) is 31.2. The van der Waals surface area contributed by atoms with Crippen molar-refractivity contribution in [1.29, 1.82) is 0 Å². The number of nitrogens with two attached hydrogens (primary N) is 1. The predicted molar refractivity (Wildman–Crippen MR) is 215 cm³/mol. The number of imidazole rings is 1. The zero-order valence-corrected chi connectivity index (χ0v) is 35.1. The zero-order valence-electron chi connectivity index (χ0n) is 35.1. The second-order valence-corrected chi connectivity index (χ2v) is 14.6. The Bertz CT molecular complexity index is 1470. The van der Waals surface area contributed by atoms with Gasteiger partial charge in [-0.15, -0.1) is 0 Å². The van der Waals surface area contributed by atoms with Crippen molar-refractivity contribution in [2.75, 3.05) is 72.5 Å². The molecule has 3 atom stereocenters. The standard InChI is InChI=1S/C39H65N7O14/c1-4-34(50)42-12-14-57-17-19-60-25-35(51)43-13-15-58-16-18-59-24-28(47)8-6-5-7-9-31(37(54)55)44-23-33(49)30(10-11-36(52)53)46-38(56)39(2,3)21-32(48)29(40)20-27-22-41-26-45-27/h22,26,29-31,44H,4-21,23-25,40H2,1-3H3,(H,41,45)(H,42,50)(H,43,51)(H,46,56)(H,52,53)(H,54,55)/t29-,30-,31-/m0/s1. The van der Waals surface area contributed by atoms with Crippen LogP contribution in [0.1, 0.15) is 84.3 Å². The summed E-state index contributed by atoms with van der Waals surface area (Å²) in [5, 5.41) is 29.5. The number of aromatic nitrogens is 2. The number of rotatable bonds is 38. The highest BCUT2D eigenvalue weighted by atomic mass is 16.5. The number of carboxylic acids is 2. The molecule has 0 aliphatic carbocycles. The summed E-state index contributed by atoms with van der Waals surface area (Å²) in [6, 6.07) is -3.27. The molecule has 0 aliphatic heterocycles. The lowest BCUT2D eigenvalue weighted by atomic mass is 9.83. The first-order chi connectivity index (χ1) is 28.5. The van der Waals surface area contributed by atoms with Gasteiger partial charge in [0.2, 0.25) is 17.7 Å². The van der Waals surface area contributed by atoms with Gasteiger partial charge >= 0.3 is 11.9 Å². The first-order valence-electron chi connectivity index (χ1n) is 20.2. The number of aliphatic carboxylic acids is 2. The number of nitrogens with zero attached hydrogens (tertiary/aromatic N) is 1. The molecule has 0 radical (unpaired) electrons. The van der Waals surface area contributed by atoms with Gasteiger partial charge in [-0.2, -0.15) is 0 Å². The minimum atomic E-state index is -1.29. The molecule has 340 valence electrons. The highest BCUT2D eigenvalue weighted by Gasteiger charge is 2.35. The molecule has 1 aromatic rings. The molecule has 0 saturated heterocycles. The van der Waals surface area contributed by atoms with Crippen LogP contribution < -0.4 is 27.0 Å². The van der Waals surface area contributed by atoms with E-state index in [0.717, 1.165) is 0 Å². The van der Waals surface area contributed by atoms with Gasteiger partial charge in [0.15, 0.2) is 17.3 Å². The van der Waals surface area contributed by atoms with E-state index in [-0.39, 0.29) is 95.9 Å². The molecular formula is C39H65N7O14. The van der Waals surface area contributed by atoms with E-state index in [4.69, 9.17) is 24.7 Å². The lowest BCUT2D eigenvalue weighted by molar-refractivity contribution is -0.140. The number of ether oxygens (including phenoxy) is 4. The number of ketones is 3. The molecule has 0 fully saturated rings. The zero-order chi connectivity index (χ0) is 44.8. The lowest BCUT2D eigenvalue weighted by Gasteiger charge is -2.27. The molecule has 0 aliphatic rings. The van der Waals surface area contributed by atoms with Gasteiger partial charge in [-0.25, -0.2) is 4.98 Å². The van der Waals surface area contributed by atoms with Gasteiger partial charge in [0, 0.05) is 57.1 Å². The van der Waals surface area contributed by atoms with Crippen LogP contribution in [-0.4, -0.2) is 158 Å². The number of aromatic amines is 1. The number of amides is 3. The topological polar surface area (TPSA) is 317 Å². The van der Waals surface area contributed by atoms with Crippen LogP contribution in [0.25, 0.3) is 0 Å². The minimum Gasteiger partial charge on any atom is -0.481 e. The fraction of sp³-hybridized carbons (Fsp3) is 0.718. The van der Waals surface area contributed by atoms with E-state index in [0.29, 0.717) is 51.1 Å². The monoisotopic (exact) mass is 855 g/mol. The van der Waals surface area contributed by atoms with E-state index in [9.17, 15) is 48.6 Å². The van der Waals surface area contributed by atoms with Crippen molar-refractivity contribution in [2.45, 2.75) is 103 Å². The lowest BCUT2D eigenvalue weighted by Crippen LogP contribution is -2.51. The third-order valence-corrected chi connectivity index (χ3v) is 8.95. The quantitative estimate of drug-likeness (QED) is 0.0387. The van der Waals surface area contributed by atoms with Crippen molar-refractivity contribution < 1.29 is 67.5 Å². The van der Waals surface area contributed by atoms with Gasteiger partial charge in [0.05, 0.1) is 70.0 Å². The smallest absolute Gasteiger partial charge is 0.320 e. The molecule has 0 saturated carbocycles. The fourth-order valence-corrected chi connectivity index (χ4v) is 5.40. The summed E-state index contributed by atoms with van der Waals surface area (Å²) in [6.45, 7) is 6.27. The SMILES string of the molecule is CCC(=O)NCCOCCOCC(=O)NCCOCCOCC(=O)CCCCC[C@H](NCC(=O)[C@H](CCC(=O)O)NC(=O)C(C)(C)CC(=O)[C@@H](N)Cc1cnc[nH]1)C(=O)O. The maximum atomic E-state index is 13.2. The Morgan fingerprint density at radius 1 is 0.783 bits per heavy atom. The van der Waals surface area contributed by atoms with Gasteiger partial charge < -0.3 is 55.8 Å². The van der Waals surface area contributed by atoms with E-state index in [1.807, 2.05) is 0 Å². The number of carbonyl (C=O) groups excluding carboxylic acids is 6.